The van der Waals surface area contributed by atoms with Gasteiger partial charge in [0.15, 0.2) is 0 Å². The molecule has 0 aromatic heterocycles. The molecule has 0 radical (unpaired) electrons. The van der Waals surface area contributed by atoms with Crippen molar-refractivity contribution >= 4 is 0 Å². The predicted molar refractivity (Wildman–Crippen MR) is 75.5 cm³/mol. The summed E-state index contributed by atoms with van der Waals surface area (Å²) in [7, 11) is 0. The van der Waals surface area contributed by atoms with Crippen molar-refractivity contribution in [2.24, 2.45) is 22.5 Å². The molecule has 0 aromatic carbocycles. The van der Waals surface area contributed by atoms with Gasteiger partial charge in [0, 0.05) is 25.1 Å². The zero-order valence-electron chi connectivity index (χ0n) is 12.4. The normalized spacial score (nSPS) is 32.0. The van der Waals surface area contributed by atoms with E-state index in [0.29, 0.717) is 5.41 Å². The Hall–Kier alpha value is -0.120. The van der Waals surface area contributed by atoms with Gasteiger partial charge in [-0.25, -0.2) is 0 Å². The number of hydrogen-bond acceptors (Lipinski definition) is 3. The van der Waals surface area contributed by atoms with E-state index in [1.165, 1.54) is 25.9 Å². The Kier molecular flexibility index (Phi) is 4.35. The molecule has 1 atom stereocenters. The molecule has 3 nitrogen and oxygen atoms in total. The van der Waals surface area contributed by atoms with Crippen molar-refractivity contribution in [3.05, 3.63) is 0 Å². The number of nitrogens with two attached hydrogens (primary N) is 1. The molecule has 2 fully saturated rings. The number of piperidine rings is 1. The lowest BCUT2D eigenvalue weighted by atomic mass is 9.75. The molecule has 18 heavy (non-hydrogen) atoms. The van der Waals surface area contributed by atoms with E-state index < -0.39 is 0 Å². The Labute approximate surface area is 112 Å². The Morgan fingerprint density at radius 3 is 2.39 bits per heavy atom. The average molecular weight is 254 g/mol. The van der Waals surface area contributed by atoms with E-state index in [2.05, 4.69) is 25.7 Å². The number of hydrogen-bond donors (Lipinski definition) is 1. The van der Waals surface area contributed by atoms with E-state index in [-0.39, 0.29) is 5.41 Å². The Bertz CT molecular complexity index is 258. The smallest absolute Gasteiger partial charge is 0.0547 e. The van der Waals surface area contributed by atoms with Crippen LogP contribution in [0.2, 0.25) is 0 Å². The van der Waals surface area contributed by atoms with Crippen LogP contribution in [0, 0.1) is 16.7 Å². The predicted octanol–water partition coefficient (Wildman–Crippen LogP) is 2.11. The van der Waals surface area contributed by atoms with Crippen molar-refractivity contribution in [2.45, 2.75) is 40.0 Å². The Morgan fingerprint density at radius 1 is 1.28 bits per heavy atom. The molecule has 2 saturated heterocycles. The summed E-state index contributed by atoms with van der Waals surface area (Å²) in [5.41, 5.74) is 6.69. The highest BCUT2D eigenvalue weighted by Crippen LogP contribution is 2.36. The molecule has 3 heteroatoms. The molecule has 0 aliphatic carbocycles. The highest BCUT2D eigenvalue weighted by molar-refractivity contribution is 4.89. The van der Waals surface area contributed by atoms with E-state index in [1.54, 1.807) is 0 Å². The van der Waals surface area contributed by atoms with Crippen LogP contribution < -0.4 is 5.73 Å². The summed E-state index contributed by atoms with van der Waals surface area (Å²) in [4.78, 5) is 2.61. The van der Waals surface area contributed by atoms with Gasteiger partial charge in [0.25, 0.3) is 0 Å². The van der Waals surface area contributed by atoms with Gasteiger partial charge in [-0.3, -0.25) is 0 Å². The van der Waals surface area contributed by atoms with E-state index in [1.807, 2.05) is 0 Å². The van der Waals surface area contributed by atoms with Gasteiger partial charge >= 0.3 is 0 Å². The summed E-state index contributed by atoms with van der Waals surface area (Å²) in [5.74, 6) is 0.877. The van der Waals surface area contributed by atoms with E-state index in [9.17, 15) is 0 Å². The minimum atomic E-state index is 0.245. The molecule has 2 rings (SSSR count). The van der Waals surface area contributed by atoms with Gasteiger partial charge in [-0.15, -0.1) is 0 Å². The third-order valence-corrected chi connectivity index (χ3v) is 4.99. The molecule has 1 unspecified atom stereocenters. The van der Waals surface area contributed by atoms with E-state index >= 15 is 0 Å². The first-order valence-corrected chi connectivity index (χ1v) is 7.45. The van der Waals surface area contributed by atoms with Gasteiger partial charge in [-0.2, -0.15) is 0 Å². The highest BCUT2D eigenvalue weighted by Gasteiger charge is 2.37. The second-order valence-electron chi connectivity index (χ2n) is 7.42. The van der Waals surface area contributed by atoms with Crippen molar-refractivity contribution in [3.63, 3.8) is 0 Å². The summed E-state index contributed by atoms with van der Waals surface area (Å²) >= 11 is 0. The lowest BCUT2D eigenvalue weighted by Crippen LogP contribution is -2.47. The molecular weight excluding hydrogens is 224 g/mol. The van der Waals surface area contributed by atoms with Crippen molar-refractivity contribution in [2.75, 3.05) is 39.4 Å². The molecule has 0 bridgehead atoms. The largest absolute Gasteiger partial charge is 0.381 e. The van der Waals surface area contributed by atoms with Gasteiger partial charge in [0.2, 0.25) is 0 Å². The van der Waals surface area contributed by atoms with Crippen LogP contribution in [0.3, 0.4) is 0 Å². The second kappa shape index (κ2) is 5.48. The van der Waals surface area contributed by atoms with Gasteiger partial charge in [0.1, 0.15) is 0 Å². The standard InChI is InChI=1S/C15H30N2O/c1-14(2,3)13-4-7-17(8-5-13)11-15(10-16)6-9-18-12-15/h13H,4-12,16H2,1-3H3. The van der Waals surface area contributed by atoms with Crippen molar-refractivity contribution < 1.29 is 4.74 Å². The maximum Gasteiger partial charge on any atom is 0.0547 e. The van der Waals surface area contributed by atoms with Crippen LogP contribution in [0.1, 0.15) is 40.0 Å². The quantitative estimate of drug-likeness (QED) is 0.838. The molecule has 2 aliphatic rings. The first-order chi connectivity index (χ1) is 8.45. The fourth-order valence-electron chi connectivity index (χ4n) is 3.43. The summed E-state index contributed by atoms with van der Waals surface area (Å²) < 4.78 is 5.56. The van der Waals surface area contributed by atoms with Crippen LogP contribution in [0.15, 0.2) is 0 Å². The minimum absolute atomic E-state index is 0.245. The van der Waals surface area contributed by atoms with Crippen molar-refractivity contribution in [1.82, 2.24) is 4.90 Å². The lowest BCUT2D eigenvalue weighted by molar-refractivity contribution is 0.0675. The second-order valence-corrected chi connectivity index (χ2v) is 7.42. The van der Waals surface area contributed by atoms with Crippen LogP contribution in [-0.2, 0) is 4.74 Å². The maximum absolute atomic E-state index is 5.98. The molecular formula is C15H30N2O. The van der Waals surface area contributed by atoms with Crippen LogP contribution >= 0.6 is 0 Å². The summed E-state index contributed by atoms with van der Waals surface area (Å²) in [6.07, 6.45) is 3.82. The van der Waals surface area contributed by atoms with Crippen molar-refractivity contribution in [1.29, 1.82) is 0 Å². The zero-order valence-corrected chi connectivity index (χ0v) is 12.4. The number of nitrogens with zero attached hydrogens (tertiary/aromatic N) is 1. The van der Waals surface area contributed by atoms with Gasteiger partial charge in [-0.05, 0) is 43.7 Å². The monoisotopic (exact) mass is 254 g/mol. The van der Waals surface area contributed by atoms with Crippen molar-refractivity contribution in [3.8, 4) is 0 Å². The lowest BCUT2D eigenvalue weighted by Gasteiger charge is -2.41. The third kappa shape index (κ3) is 3.25. The number of likely N-dealkylation sites (tertiary alicyclic amines) is 1. The first-order valence-electron chi connectivity index (χ1n) is 7.45. The van der Waals surface area contributed by atoms with Crippen LogP contribution in [-0.4, -0.2) is 44.3 Å². The molecule has 0 amide bonds. The van der Waals surface area contributed by atoms with Gasteiger partial charge in [-0.1, -0.05) is 20.8 Å². The topological polar surface area (TPSA) is 38.5 Å². The molecule has 2 N–H and O–H groups in total. The SMILES string of the molecule is CC(C)(C)C1CCN(CC2(CN)CCOC2)CC1. The Morgan fingerprint density at radius 2 is 1.94 bits per heavy atom. The highest BCUT2D eigenvalue weighted by atomic mass is 16.5. The molecule has 0 spiro atoms. The zero-order chi connectivity index (χ0) is 13.2. The van der Waals surface area contributed by atoms with E-state index in [4.69, 9.17) is 10.5 Å². The minimum Gasteiger partial charge on any atom is -0.381 e. The van der Waals surface area contributed by atoms with Crippen LogP contribution in [0.5, 0.6) is 0 Å². The Balaban J connectivity index is 1.83. The van der Waals surface area contributed by atoms with Gasteiger partial charge in [0.05, 0.1) is 6.61 Å². The summed E-state index contributed by atoms with van der Waals surface area (Å²) in [6.45, 7) is 13.3. The first kappa shape index (κ1) is 14.3. The molecule has 106 valence electrons. The molecule has 0 saturated carbocycles. The fourth-order valence-corrected chi connectivity index (χ4v) is 3.43. The third-order valence-electron chi connectivity index (χ3n) is 4.99. The average Bonchev–Trinajstić information content (AvgIpc) is 2.78. The van der Waals surface area contributed by atoms with Gasteiger partial charge < -0.3 is 15.4 Å². The van der Waals surface area contributed by atoms with E-state index in [0.717, 1.165) is 38.6 Å². The van der Waals surface area contributed by atoms with Crippen LogP contribution in [0.25, 0.3) is 0 Å². The molecule has 2 aliphatic heterocycles. The molecule has 0 aromatic rings. The number of rotatable bonds is 3. The summed E-state index contributed by atoms with van der Waals surface area (Å²) in [6, 6.07) is 0. The van der Waals surface area contributed by atoms with Crippen LogP contribution in [0.4, 0.5) is 0 Å². The number of ether oxygens (including phenoxy) is 1. The molecule has 2 heterocycles. The summed E-state index contributed by atoms with van der Waals surface area (Å²) in [5, 5.41) is 0. The fraction of sp³-hybridized carbons (Fsp3) is 1.00. The maximum atomic E-state index is 5.98.